The number of furan rings is 2. The predicted molar refractivity (Wildman–Crippen MR) is 225 cm³/mol. The van der Waals surface area contributed by atoms with E-state index in [1.54, 1.807) is 0 Å². The maximum atomic E-state index is 10.8. The normalized spacial score (nSPS) is 11.9. The fourth-order valence-electron chi connectivity index (χ4n) is 8.97. The molecule has 12 aromatic rings. The van der Waals surface area contributed by atoms with Crippen LogP contribution < -0.4 is 0 Å². The third kappa shape index (κ3) is 4.07. The standard InChI is InChI=1S/C50H26N4O2/c51-27-30-10-9-15-32(50(30)54-43-17-6-2-12-34(43)38-24-40-36-14-4-8-19-47(36)56-49(40)26-45(38)54)29-20-21-41(31(22-29)28-52)53-42-16-5-1-11-33(42)37-23-39-35-13-3-7-18-46(35)55-48(39)25-44(37)53/h1-26H. The smallest absolute Gasteiger partial charge is 0.137 e. The van der Waals surface area contributed by atoms with Crippen LogP contribution in [0.3, 0.4) is 0 Å². The molecule has 6 nitrogen and oxygen atoms in total. The molecule has 4 heterocycles. The summed E-state index contributed by atoms with van der Waals surface area (Å²) >= 11 is 0. The van der Waals surface area contributed by atoms with Crippen LogP contribution in [0.25, 0.3) is 110 Å². The van der Waals surface area contributed by atoms with Crippen molar-refractivity contribution in [1.29, 1.82) is 10.5 Å². The number of hydrogen-bond donors (Lipinski definition) is 0. The molecule has 0 bridgehead atoms. The first-order valence-electron chi connectivity index (χ1n) is 18.5. The number of rotatable bonds is 3. The highest BCUT2D eigenvalue weighted by Gasteiger charge is 2.23. The van der Waals surface area contributed by atoms with Crippen LogP contribution in [0.1, 0.15) is 11.1 Å². The topological polar surface area (TPSA) is 83.7 Å². The summed E-state index contributed by atoms with van der Waals surface area (Å²) in [6, 6.07) is 58.2. The van der Waals surface area contributed by atoms with Gasteiger partial charge in [0.1, 0.15) is 34.5 Å². The first-order chi connectivity index (χ1) is 27.7. The van der Waals surface area contributed by atoms with Crippen molar-refractivity contribution in [1.82, 2.24) is 9.13 Å². The lowest BCUT2D eigenvalue weighted by Crippen LogP contribution is -2.02. The lowest BCUT2D eigenvalue weighted by Gasteiger charge is -2.17. The summed E-state index contributed by atoms with van der Waals surface area (Å²) in [5, 5.41) is 30.1. The van der Waals surface area contributed by atoms with E-state index in [-0.39, 0.29) is 0 Å². The van der Waals surface area contributed by atoms with Crippen LogP contribution in [0.15, 0.2) is 167 Å². The molecular formula is C50H26N4O2. The van der Waals surface area contributed by atoms with Crippen molar-refractivity contribution in [2.45, 2.75) is 0 Å². The first kappa shape index (κ1) is 30.4. The molecule has 0 saturated carbocycles. The molecule has 0 aliphatic rings. The molecule has 0 N–H and O–H groups in total. The van der Waals surface area contributed by atoms with Gasteiger partial charge in [-0.1, -0.05) is 91.0 Å². The van der Waals surface area contributed by atoms with E-state index in [0.717, 1.165) is 110 Å². The Kier molecular flexibility index (Phi) is 6.10. The van der Waals surface area contributed by atoms with Crippen LogP contribution in [-0.4, -0.2) is 9.13 Å². The Morgan fingerprint density at radius 3 is 1.52 bits per heavy atom. The van der Waals surface area contributed by atoms with Crippen molar-refractivity contribution in [3.05, 3.63) is 169 Å². The molecule has 0 unspecified atom stereocenters. The molecule has 12 rings (SSSR count). The van der Waals surface area contributed by atoms with Gasteiger partial charge in [-0.25, -0.2) is 0 Å². The van der Waals surface area contributed by atoms with E-state index in [1.807, 2.05) is 84.9 Å². The van der Waals surface area contributed by atoms with E-state index in [1.165, 1.54) is 0 Å². The van der Waals surface area contributed by atoms with Gasteiger partial charge in [0.25, 0.3) is 0 Å². The van der Waals surface area contributed by atoms with Gasteiger partial charge >= 0.3 is 0 Å². The molecule has 258 valence electrons. The van der Waals surface area contributed by atoms with Crippen molar-refractivity contribution in [2.24, 2.45) is 0 Å². The summed E-state index contributed by atoms with van der Waals surface area (Å²) in [5.74, 6) is 0. The number of nitrogens with zero attached hydrogens (tertiary/aromatic N) is 4. The molecule has 0 atom stereocenters. The van der Waals surface area contributed by atoms with Crippen LogP contribution in [-0.2, 0) is 0 Å². The molecular weight excluding hydrogens is 689 g/mol. The van der Waals surface area contributed by atoms with Gasteiger partial charge in [-0.05, 0) is 60.2 Å². The Bertz CT molecular complexity index is 3750. The minimum Gasteiger partial charge on any atom is -0.456 e. The van der Waals surface area contributed by atoms with Crippen molar-refractivity contribution in [3.8, 4) is 34.6 Å². The zero-order valence-corrected chi connectivity index (χ0v) is 29.6. The maximum absolute atomic E-state index is 10.8. The summed E-state index contributed by atoms with van der Waals surface area (Å²) in [5.41, 5.74) is 11.3. The SMILES string of the molecule is N#Cc1cc(-c2cccc(C#N)c2-n2c3ccccc3c3cc4c(cc32)oc2ccccc24)ccc1-n1c2ccccc2c2cc3c(cc21)oc1ccccc13. The lowest BCUT2D eigenvalue weighted by molar-refractivity contribution is 0.669. The number of para-hydroxylation sites is 5. The average molecular weight is 715 g/mol. The zero-order valence-electron chi connectivity index (χ0n) is 29.6. The highest BCUT2D eigenvalue weighted by molar-refractivity contribution is 6.19. The quantitative estimate of drug-likeness (QED) is 0.182. The van der Waals surface area contributed by atoms with Gasteiger partial charge in [0.2, 0.25) is 0 Å². The third-order valence-electron chi connectivity index (χ3n) is 11.4. The predicted octanol–water partition coefficient (Wildman–Crippen LogP) is 13.1. The Labute approximate surface area is 318 Å². The fraction of sp³-hybridized carbons (Fsp3) is 0. The lowest BCUT2D eigenvalue weighted by atomic mass is 9.97. The Balaban J connectivity index is 1.11. The molecule has 0 spiro atoms. The summed E-state index contributed by atoms with van der Waals surface area (Å²) in [7, 11) is 0. The first-order valence-corrected chi connectivity index (χ1v) is 18.5. The fourth-order valence-corrected chi connectivity index (χ4v) is 8.97. The Morgan fingerprint density at radius 2 is 0.911 bits per heavy atom. The Hall–Kier alpha value is -8.06. The molecule has 0 aliphatic heterocycles. The van der Waals surface area contributed by atoms with Crippen LogP contribution in [0.4, 0.5) is 0 Å². The summed E-state index contributed by atoms with van der Waals surface area (Å²) < 4.78 is 17.1. The van der Waals surface area contributed by atoms with Gasteiger partial charge in [0, 0.05) is 60.8 Å². The van der Waals surface area contributed by atoms with Crippen LogP contribution in [0.2, 0.25) is 0 Å². The number of fused-ring (bicyclic) bond motifs is 12. The maximum Gasteiger partial charge on any atom is 0.137 e. The number of aromatic nitrogens is 2. The van der Waals surface area contributed by atoms with Gasteiger partial charge < -0.3 is 18.0 Å². The highest BCUT2D eigenvalue weighted by Crippen LogP contribution is 2.43. The van der Waals surface area contributed by atoms with E-state index >= 15 is 0 Å². The number of benzene rings is 8. The van der Waals surface area contributed by atoms with Gasteiger partial charge in [-0.3, -0.25) is 0 Å². The van der Waals surface area contributed by atoms with Crippen LogP contribution >= 0.6 is 0 Å². The second kappa shape index (κ2) is 11.2. The van der Waals surface area contributed by atoms with E-state index in [0.29, 0.717) is 11.1 Å². The Morgan fingerprint density at radius 1 is 0.375 bits per heavy atom. The van der Waals surface area contributed by atoms with Crippen molar-refractivity contribution in [2.75, 3.05) is 0 Å². The van der Waals surface area contributed by atoms with Crippen molar-refractivity contribution >= 4 is 87.5 Å². The van der Waals surface area contributed by atoms with Crippen molar-refractivity contribution in [3.63, 3.8) is 0 Å². The summed E-state index contributed by atoms with van der Waals surface area (Å²) in [4.78, 5) is 0. The van der Waals surface area contributed by atoms with E-state index < -0.39 is 0 Å². The zero-order chi connectivity index (χ0) is 37.1. The molecule has 0 saturated heterocycles. The minimum atomic E-state index is 0.509. The number of nitriles is 2. The highest BCUT2D eigenvalue weighted by atomic mass is 16.3. The minimum absolute atomic E-state index is 0.509. The average Bonchev–Trinajstić information content (AvgIpc) is 3.98. The van der Waals surface area contributed by atoms with E-state index in [9.17, 15) is 10.5 Å². The van der Waals surface area contributed by atoms with Gasteiger partial charge in [-0.2, -0.15) is 10.5 Å². The third-order valence-corrected chi connectivity index (χ3v) is 11.4. The molecule has 6 heteroatoms. The molecule has 4 aromatic heterocycles. The van der Waals surface area contributed by atoms with E-state index in [4.69, 9.17) is 8.83 Å². The largest absolute Gasteiger partial charge is 0.456 e. The van der Waals surface area contributed by atoms with Crippen LogP contribution in [0.5, 0.6) is 0 Å². The summed E-state index contributed by atoms with van der Waals surface area (Å²) in [6.45, 7) is 0. The van der Waals surface area contributed by atoms with Gasteiger partial charge in [0.15, 0.2) is 0 Å². The van der Waals surface area contributed by atoms with Crippen molar-refractivity contribution < 1.29 is 8.83 Å². The molecule has 0 amide bonds. The monoisotopic (exact) mass is 714 g/mol. The molecule has 56 heavy (non-hydrogen) atoms. The van der Waals surface area contributed by atoms with E-state index in [2.05, 4.69) is 94.1 Å². The second-order valence-corrected chi connectivity index (χ2v) is 14.3. The van der Waals surface area contributed by atoms with Gasteiger partial charge in [-0.15, -0.1) is 0 Å². The second-order valence-electron chi connectivity index (χ2n) is 14.3. The molecule has 0 aliphatic carbocycles. The van der Waals surface area contributed by atoms with Crippen LogP contribution in [0, 0.1) is 22.7 Å². The summed E-state index contributed by atoms with van der Waals surface area (Å²) in [6.07, 6.45) is 0. The van der Waals surface area contributed by atoms with Gasteiger partial charge in [0.05, 0.1) is 44.6 Å². The molecule has 0 radical (unpaired) electrons. The molecule has 8 aromatic carbocycles. The number of hydrogen-bond acceptors (Lipinski definition) is 4. The molecule has 0 fully saturated rings.